The lowest BCUT2D eigenvalue weighted by Crippen LogP contribution is -2.41. The van der Waals surface area contributed by atoms with Crippen molar-refractivity contribution in [2.75, 3.05) is 13.2 Å². The number of aliphatic hydroxyl groups is 1. The molecule has 1 aliphatic carbocycles. The smallest absolute Gasteiger partial charge is 0.0431 e. The molecule has 3 unspecified atom stereocenters. The van der Waals surface area contributed by atoms with E-state index in [1.807, 2.05) is 0 Å². The van der Waals surface area contributed by atoms with Gasteiger partial charge in [-0.15, -0.1) is 0 Å². The maximum atomic E-state index is 8.95. The highest BCUT2D eigenvalue weighted by molar-refractivity contribution is 4.87. The zero-order valence-corrected chi connectivity index (χ0v) is 10.7. The van der Waals surface area contributed by atoms with E-state index in [0.717, 1.165) is 24.4 Å². The summed E-state index contributed by atoms with van der Waals surface area (Å²) in [7, 11) is 0. The Balaban J connectivity index is 1.86. The normalized spacial score (nSPS) is 36.8. The quantitative estimate of drug-likeness (QED) is 0.795. The second kappa shape index (κ2) is 6.02. The van der Waals surface area contributed by atoms with Crippen molar-refractivity contribution < 1.29 is 5.11 Å². The van der Waals surface area contributed by atoms with E-state index < -0.39 is 0 Å². The van der Waals surface area contributed by atoms with Crippen LogP contribution in [0.15, 0.2) is 0 Å². The maximum Gasteiger partial charge on any atom is 0.0431 e. The zero-order valence-electron chi connectivity index (χ0n) is 10.7. The Kier molecular flexibility index (Phi) is 4.66. The average molecular weight is 225 g/mol. The molecule has 1 saturated heterocycles. The Morgan fingerprint density at radius 3 is 2.81 bits per heavy atom. The third-order valence-electron chi connectivity index (χ3n) is 4.50. The third kappa shape index (κ3) is 2.98. The highest BCUT2D eigenvalue weighted by atomic mass is 16.2. The molecule has 0 aromatic carbocycles. The summed E-state index contributed by atoms with van der Waals surface area (Å²) < 4.78 is 0. The highest BCUT2D eigenvalue weighted by Crippen LogP contribution is 2.33. The third-order valence-corrected chi connectivity index (χ3v) is 4.50. The largest absolute Gasteiger partial charge is 0.396 e. The second-order valence-electron chi connectivity index (χ2n) is 5.83. The summed E-state index contributed by atoms with van der Waals surface area (Å²) in [6.07, 6.45) is 10.6. The lowest BCUT2D eigenvalue weighted by Gasteiger charge is -2.37. The summed E-state index contributed by atoms with van der Waals surface area (Å²) in [5.74, 6) is 0.929. The van der Waals surface area contributed by atoms with Crippen LogP contribution in [0, 0.1) is 5.92 Å². The van der Waals surface area contributed by atoms with Crippen LogP contribution < -0.4 is 0 Å². The molecular weight excluding hydrogens is 198 g/mol. The van der Waals surface area contributed by atoms with Gasteiger partial charge in [-0.25, -0.2) is 0 Å². The maximum absolute atomic E-state index is 8.95. The van der Waals surface area contributed by atoms with E-state index in [9.17, 15) is 0 Å². The minimum atomic E-state index is 0.366. The van der Waals surface area contributed by atoms with Gasteiger partial charge in [0.05, 0.1) is 0 Å². The van der Waals surface area contributed by atoms with Crippen molar-refractivity contribution in [2.45, 2.75) is 70.4 Å². The fraction of sp³-hybridized carbons (Fsp3) is 1.00. The van der Waals surface area contributed by atoms with Crippen molar-refractivity contribution in [3.63, 3.8) is 0 Å². The number of rotatable bonds is 4. The van der Waals surface area contributed by atoms with Crippen LogP contribution in [0.3, 0.4) is 0 Å². The highest BCUT2D eigenvalue weighted by Gasteiger charge is 2.32. The average Bonchev–Trinajstić information content (AvgIpc) is 2.74. The number of likely N-dealkylation sites (tertiary alicyclic amines) is 1. The van der Waals surface area contributed by atoms with E-state index in [0.29, 0.717) is 6.61 Å². The van der Waals surface area contributed by atoms with Crippen molar-refractivity contribution in [3.8, 4) is 0 Å². The molecular formula is C14H27NO. The van der Waals surface area contributed by atoms with Crippen LogP contribution in [-0.2, 0) is 0 Å². The van der Waals surface area contributed by atoms with Gasteiger partial charge in [0.15, 0.2) is 0 Å². The fourth-order valence-corrected chi connectivity index (χ4v) is 3.68. The molecule has 1 heterocycles. The van der Waals surface area contributed by atoms with Crippen molar-refractivity contribution in [1.29, 1.82) is 0 Å². The summed E-state index contributed by atoms with van der Waals surface area (Å²) in [4.78, 5) is 2.77. The van der Waals surface area contributed by atoms with Crippen LogP contribution in [0.4, 0.5) is 0 Å². The molecule has 2 rings (SSSR count). The minimum absolute atomic E-state index is 0.366. The zero-order chi connectivity index (χ0) is 11.4. The van der Waals surface area contributed by atoms with Crippen molar-refractivity contribution in [3.05, 3.63) is 0 Å². The molecule has 94 valence electrons. The van der Waals surface area contributed by atoms with E-state index in [1.165, 1.54) is 51.5 Å². The standard InChI is InChI=1S/C14H27NO/c1-12-5-2-6-14(11-12)15-9-3-7-13(15)8-4-10-16/h12-14,16H,2-11H2,1H3. The first kappa shape index (κ1) is 12.4. The second-order valence-corrected chi connectivity index (χ2v) is 5.83. The molecule has 0 amide bonds. The van der Waals surface area contributed by atoms with Gasteiger partial charge >= 0.3 is 0 Å². The summed E-state index contributed by atoms with van der Waals surface area (Å²) in [6.45, 7) is 4.09. The molecule has 16 heavy (non-hydrogen) atoms. The van der Waals surface area contributed by atoms with Gasteiger partial charge in [0.2, 0.25) is 0 Å². The van der Waals surface area contributed by atoms with Crippen molar-refractivity contribution in [2.24, 2.45) is 5.92 Å². The van der Waals surface area contributed by atoms with Crippen LogP contribution in [0.1, 0.15) is 58.3 Å². The van der Waals surface area contributed by atoms with E-state index in [-0.39, 0.29) is 0 Å². The Hall–Kier alpha value is -0.0800. The van der Waals surface area contributed by atoms with Crippen LogP contribution in [0.5, 0.6) is 0 Å². The molecule has 3 atom stereocenters. The van der Waals surface area contributed by atoms with Crippen LogP contribution in [-0.4, -0.2) is 35.2 Å². The molecule has 0 radical (unpaired) electrons. The van der Waals surface area contributed by atoms with E-state index in [4.69, 9.17) is 5.11 Å². The molecule has 2 heteroatoms. The number of hydrogen-bond acceptors (Lipinski definition) is 2. The van der Waals surface area contributed by atoms with Crippen molar-refractivity contribution >= 4 is 0 Å². The van der Waals surface area contributed by atoms with Gasteiger partial charge in [-0.1, -0.05) is 19.8 Å². The predicted octanol–water partition coefficient (Wildman–Crippen LogP) is 2.80. The number of hydrogen-bond donors (Lipinski definition) is 1. The summed E-state index contributed by atoms with van der Waals surface area (Å²) in [5, 5.41) is 8.95. The summed E-state index contributed by atoms with van der Waals surface area (Å²) in [5.41, 5.74) is 0. The molecule has 1 saturated carbocycles. The van der Waals surface area contributed by atoms with Gasteiger partial charge in [-0.3, -0.25) is 4.90 Å². The Morgan fingerprint density at radius 2 is 2.06 bits per heavy atom. The number of nitrogens with zero attached hydrogens (tertiary/aromatic N) is 1. The first-order valence-corrected chi connectivity index (χ1v) is 7.18. The molecule has 1 aliphatic heterocycles. The topological polar surface area (TPSA) is 23.5 Å². The lowest BCUT2D eigenvalue weighted by atomic mass is 9.86. The Bertz CT molecular complexity index is 207. The molecule has 0 aromatic rings. The van der Waals surface area contributed by atoms with Crippen LogP contribution >= 0.6 is 0 Å². The van der Waals surface area contributed by atoms with Gasteiger partial charge < -0.3 is 5.11 Å². The molecule has 1 N–H and O–H groups in total. The van der Waals surface area contributed by atoms with Gasteiger partial charge in [0, 0.05) is 18.7 Å². The lowest BCUT2D eigenvalue weighted by molar-refractivity contribution is 0.113. The van der Waals surface area contributed by atoms with Crippen molar-refractivity contribution in [1.82, 2.24) is 4.90 Å². The summed E-state index contributed by atoms with van der Waals surface area (Å²) >= 11 is 0. The van der Waals surface area contributed by atoms with E-state index in [2.05, 4.69) is 11.8 Å². The Morgan fingerprint density at radius 1 is 1.19 bits per heavy atom. The monoisotopic (exact) mass is 225 g/mol. The minimum Gasteiger partial charge on any atom is -0.396 e. The van der Waals surface area contributed by atoms with Gasteiger partial charge in [0.1, 0.15) is 0 Å². The molecule has 0 aromatic heterocycles. The fourth-order valence-electron chi connectivity index (χ4n) is 3.68. The SMILES string of the molecule is CC1CCCC(N2CCCC2CCCO)C1. The predicted molar refractivity (Wildman–Crippen MR) is 67.5 cm³/mol. The summed E-state index contributed by atoms with van der Waals surface area (Å²) in [6, 6.07) is 1.64. The van der Waals surface area contributed by atoms with Crippen LogP contribution in [0.25, 0.3) is 0 Å². The van der Waals surface area contributed by atoms with E-state index in [1.54, 1.807) is 0 Å². The molecule has 0 bridgehead atoms. The first-order chi connectivity index (χ1) is 7.81. The molecule has 2 nitrogen and oxygen atoms in total. The Labute approximate surface area is 100 Å². The van der Waals surface area contributed by atoms with Gasteiger partial charge in [0.25, 0.3) is 0 Å². The van der Waals surface area contributed by atoms with Gasteiger partial charge in [-0.05, 0) is 51.0 Å². The number of aliphatic hydroxyl groups excluding tert-OH is 1. The molecule has 2 fully saturated rings. The molecule has 2 aliphatic rings. The van der Waals surface area contributed by atoms with Crippen LogP contribution in [0.2, 0.25) is 0 Å². The molecule has 0 spiro atoms. The van der Waals surface area contributed by atoms with Gasteiger partial charge in [-0.2, -0.15) is 0 Å². The first-order valence-electron chi connectivity index (χ1n) is 7.18. The van der Waals surface area contributed by atoms with E-state index >= 15 is 0 Å².